The lowest BCUT2D eigenvalue weighted by Gasteiger charge is -2.29. The summed E-state index contributed by atoms with van der Waals surface area (Å²) in [6, 6.07) is 0. The first kappa shape index (κ1) is 14.5. The number of hydrogen-bond acceptors (Lipinski definition) is 3. The highest BCUT2D eigenvalue weighted by atomic mass is 16.5. The zero-order valence-electron chi connectivity index (χ0n) is 11.2. The monoisotopic (exact) mass is 243 g/mol. The van der Waals surface area contributed by atoms with Gasteiger partial charge in [0.05, 0.1) is 11.7 Å². The van der Waals surface area contributed by atoms with E-state index in [2.05, 4.69) is 0 Å². The van der Waals surface area contributed by atoms with Gasteiger partial charge in [0.1, 0.15) is 0 Å². The van der Waals surface area contributed by atoms with Crippen LogP contribution in [0.3, 0.4) is 0 Å². The van der Waals surface area contributed by atoms with E-state index < -0.39 is 0 Å². The molecule has 4 nitrogen and oxygen atoms in total. The van der Waals surface area contributed by atoms with Crippen LogP contribution >= 0.6 is 0 Å². The Bertz CT molecular complexity index is 240. The molecule has 0 aromatic carbocycles. The van der Waals surface area contributed by atoms with Gasteiger partial charge in [-0.15, -0.1) is 0 Å². The van der Waals surface area contributed by atoms with Crippen LogP contribution in [0.5, 0.6) is 0 Å². The second-order valence-electron chi connectivity index (χ2n) is 5.68. The summed E-state index contributed by atoms with van der Waals surface area (Å²) in [7, 11) is 0. The van der Waals surface area contributed by atoms with Crippen molar-refractivity contribution in [3.8, 4) is 0 Å². The molecule has 100 valence electrons. The third-order valence-corrected chi connectivity index (χ3v) is 2.89. The van der Waals surface area contributed by atoms with Gasteiger partial charge in [0, 0.05) is 26.1 Å². The molecule has 1 N–H and O–H groups in total. The molecule has 0 atom stereocenters. The highest BCUT2D eigenvalue weighted by Crippen LogP contribution is 2.12. The quantitative estimate of drug-likeness (QED) is 0.762. The average Bonchev–Trinajstić information content (AvgIpc) is 2.24. The molecule has 0 radical (unpaired) electrons. The third kappa shape index (κ3) is 6.03. The smallest absolute Gasteiger partial charge is 0.222 e. The predicted molar refractivity (Wildman–Crippen MR) is 66.8 cm³/mol. The Morgan fingerprint density at radius 3 is 2.47 bits per heavy atom. The molecule has 1 aliphatic rings. The van der Waals surface area contributed by atoms with Crippen molar-refractivity contribution in [1.82, 2.24) is 4.90 Å². The lowest BCUT2D eigenvalue weighted by Crippen LogP contribution is -2.40. The minimum absolute atomic E-state index is 0.127. The summed E-state index contributed by atoms with van der Waals surface area (Å²) >= 11 is 0. The molecule has 1 aliphatic heterocycles. The van der Waals surface area contributed by atoms with E-state index in [1.807, 2.05) is 25.7 Å². The van der Waals surface area contributed by atoms with Crippen LogP contribution in [0.1, 0.15) is 46.5 Å². The molecule has 0 aliphatic carbocycles. The molecule has 4 heteroatoms. The summed E-state index contributed by atoms with van der Waals surface area (Å²) in [5, 5.41) is 9.35. The van der Waals surface area contributed by atoms with E-state index in [-0.39, 0.29) is 17.6 Å². The largest absolute Gasteiger partial charge is 0.393 e. The fourth-order valence-corrected chi connectivity index (χ4v) is 1.88. The number of aliphatic hydroxyl groups is 1. The van der Waals surface area contributed by atoms with Gasteiger partial charge >= 0.3 is 0 Å². The van der Waals surface area contributed by atoms with Gasteiger partial charge in [-0.25, -0.2) is 0 Å². The lowest BCUT2D eigenvalue weighted by molar-refractivity contribution is -0.133. The van der Waals surface area contributed by atoms with Crippen LogP contribution in [0.2, 0.25) is 0 Å². The number of amides is 1. The Morgan fingerprint density at radius 2 is 1.94 bits per heavy atom. The van der Waals surface area contributed by atoms with Gasteiger partial charge in [-0.3, -0.25) is 4.79 Å². The molecule has 1 fully saturated rings. The Hall–Kier alpha value is -0.610. The molecule has 1 saturated heterocycles. The van der Waals surface area contributed by atoms with E-state index in [1.165, 1.54) is 0 Å². The molecule has 0 unspecified atom stereocenters. The first-order valence-corrected chi connectivity index (χ1v) is 6.48. The number of likely N-dealkylation sites (tertiary alicyclic amines) is 1. The van der Waals surface area contributed by atoms with Gasteiger partial charge in [0.25, 0.3) is 0 Å². The van der Waals surface area contributed by atoms with E-state index in [4.69, 9.17) is 4.74 Å². The summed E-state index contributed by atoms with van der Waals surface area (Å²) in [5.41, 5.74) is -0.127. The molecule has 1 rings (SSSR count). The van der Waals surface area contributed by atoms with Crippen LogP contribution in [-0.2, 0) is 9.53 Å². The highest BCUT2D eigenvalue weighted by molar-refractivity contribution is 5.76. The van der Waals surface area contributed by atoms with E-state index in [0.29, 0.717) is 39.0 Å². The Kier molecular flexibility index (Phi) is 5.40. The third-order valence-electron chi connectivity index (χ3n) is 2.89. The zero-order chi connectivity index (χ0) is 12.9. The van der Waals surface area contributed by atoms with Crippen LogP contribution in [0.15, 0.2) is 0 Å². The predicted octanol–water partition coefficient (Wildman–Crippen LogP) is 1.57. The maximum Gasteiger partial charge on any atom is 0.222 e. The minimum Gasteiger partial charge on any atom is -0.393 e. The fourth-order valence-electron chi connectivity index (χ4n) is 1.88. The van der Waals surface area contributed by atoms with Crippen LogP contribution in [0.25, 0.3) is 0 Å². The Labute approximate surface area is 104 Å². The SMILES string of the molecule is CC(C)(C)OCCCC(=O)N1CCC(O)CC1. The number of aliphatic hydroxyl groups excluding tert-OH is 1. The number of rotatable bonds is 4. The first-order chi connectivity index (χ1) is 7.88. The second kappa shape index (κ2) is 6.36. The van der Waals surface area contributed by atoms with Crippen molar-refractivity contribution in [2.24, 2.45) is 0 Å². The number of ether oxygens (including phenoxy) is 1. The number of hydrogen-bond donors (Lipinski definition) is 1. The van der Waals surface area contributed by atoms with E-state index in [9.17, 15) is 9.90 Å². The summed E-state index contributed by atoms with van der Waals surface area (Å²) in [4.78, 5) is 13.7. The number of carbonyl (C=O) groups excluding carboxylic acids is 1. The molecule has 1 amide bonds. The standard InChI is InChI=1S/C13H25NO3/c1-13(2,3)17-10-4-5-12(16)14-8-6-11(15)7-9-14/h11,15H,4-10H2,1-3H3. The second-order valence-corrected chi connectivity index (χ2v) is 5.68. The maximum atomic E-state index is 11.8. The number of nitrogens with zero attached hydrogens (tertiary/aromatic N) is 1. The van der Waals surface area contributed by atoms with Crippen LogP contribution in [0, 0.1) is 0 Å². The summed E-state index contributed by atoms with van der Waals surface area (Å²) in [6.45, 7) is 8.06. The highest BCUT2D eigenvalue weighted by Gasteiger charge is 2.20. The minimum atomic E-state index is -0.219. The van der Waals surface area contributed by atoms with Crippen LogP contribution in [0.4, 0.5) is 0 Å². The fraction of sp³-hybridized carbons (Fsp3) is 0.923. The van der Waals surface area contributed by atoms with Crippen molar-refractivity contribution in [2.75, 3.05) is 19.7 Å². The van der Waals surface area contributed by atoms with Gasteiger partial charge in [-0.2, -0.15) is 0 Å². The topological polar surface area (TPSA) is 49.8 Å². The van der Waals surface area contributed by atoms with Crippen LogP contribution in [-0.4, -0.2) is 47.3 Å². The first-order valence-electron chi connectivity index (χ1n) is 6.48. The van der Waals surface area contributed by atoms with Gasteiger partial charge in [-0.05, 0) is 40.0 Å². The van der Waals surface area contributed by atoms with E-state index >= 15 is 0 Å². The van der Waals surface area contributed by atoms with Crippen LogP contribution < -0.4 is 0 Å². The summed E-state index contributed by atoms with van der Waals surface area (Å²) in [6.07, 6.45) is 2.53. The van der Waals surface area contributed by atoms with Crippen molar-refractivity contribution >= 4 is 5.91 Å². The number of carbonyl (C=O) groups is 1. The summed E-state index contributed by atoms with van der Waals surface area (Å²) < 4.78 is 5.57. The van der Waals surface area contributed by atoms with Gasteiger partial charge in [0.15, 0.2) is 0 Å². The van der Waals surface area contributed by atoms with E-state index in [1.54, 1.807) is 0 Å². The molecule has 0 spiro atoms. The molecule has 17 heavy (non-hydrogen) atoms. The Balaban J connectivity index is 2.13. The number of piperidine rings is 1. The Morgan fingerprint density at radius 1 is 1.35 bits per heavy atom. The van der Waals surface area contributed by atoms with Crippen molar-refractivity contribution in [3.63, 3.8) is 0 Å². The molecule has 1 heterocycles. The maximum absolute atomic E-state index is 11.8. The average molecular weight is 243 g/mol. The van der Waals surface area contributed by atoms with Gasteiger partial charge in [-0.1, -0.05) is 0 Å². The molecule has 0 aromatic rings. The van der Waals surface area contributed by atoms with Crippen molar-refractivity contribution < 1.29 is 14.6 Å². The van der Waals surface area contributed by atoms with Crippen molar-refractivity contribution in [2.45, 2.75) is 58.2 Å². The molecule has 0 saturated carbocycles. The molecular weight excluding hydrogens is 218 g/mol. The zero-order valence-corrected chi connectivity index (χ0v) is 11.2. The van der Waals surface area contributed by atoms with Gasteiger partial charge < -0.3 is 14.7 Å². The molecule has 0 bridgehead atoms. The van der Waals surface area contributed by atoms with Crippen molar-refractivity contribution in [3.05, 3.63) is 0 Å². The normalized spacial score (nSPS) is 18.5. The van der Waals surface area contributed by atoms with E-state index in [0.717, 1.165) is 6.42 Å². The molecule has 0 aromatic heterocycles. The molecular formula is C13H25NO3. The summed E-state index contributed by atoms with van der Waals surface area (Å²) in [5.74, 6) is 0.189. The van der Waals surface area contributed by atoms with Gasteiger partial charge in [0.2, 0.25) is 5.91 Å². The lowest BCUT2D eigenvalue weighted by atomic mass is 10.1. The van der Waals surface area contributed by atoms with Crippen molar-refractivity contribution in [1.29, 1.82) is 0 Å².